The van der Waals surface area contributed by atoms with E-state index < -0.39 is 17.9 Å². The number of rotatable bonds is 6. The van der Waals surface area contributed by atoms with Crippen LogP contribution in [0.5, 0.6) is 5.75 Å². The van der Waals surface area contributed by atoms with E-state index in [2.05, 4.69) is 15.4 Å². The number of nitrogens with two attached hydrogens (primary N) is 1. The Morgan fingerprint density at radius 2 is 2.03 bits per heavy atom. The van der Waals surface area contributed by atoms with E-state index >= 15 is 0 Å². The number of esters is 1. The fourth-order valence-electron chi connectivity index (χ4n) is 3.71. The van der Waals surface area contributed by atoms with Gasteiger partial charge in [0.25, 0.3) is 0 Å². The first-order chi connectivity index (χ1) is 15.9. The van der Waals surface area contributed by atoms with Crippen LogP contribution in [0.25, 0.3) is 11.1 Å². The molecule has 8 nitrogen and oxygen atoms in total. The van der Waals surface area contributed by atoms with Gasteiger partial charge in [-0.2, -0.15) is 5.10 Å². The molecule has 1 saturated heterocycles. The van der Waals surface area contributed by atoms with E-state index in [0.29, 0.717) is 11.6 Å². The van der Waals surface area contributed by atoms with Crippen molar-refractivity contribution in [2.75, 3.05) is 25.9 Å². The smallest absolute Gasteiger partial charge is 0.351 e. The quantitative estimate of drug-likeness (QED) is 0.391. The molecule has 0 saturated carbocycles. The number of pyridine rings is 1. The maximum Gasteiger partial charge on any atom is 0.351 e. The molecule has 0 bridgehead atoms. The van der Waals surface area contributed by atoms with Gasteiger partial charge in [-0.3, -0.25) is 4.68 Å². The topological polar surface area (TPSA) is 104 Å². The average molecular weight is 494 g/mol. The number of carbonyl (C=O) groups is 1. The van der Waals surface area contributed by atoms with Crippen LogP contribution in [0.2, 0.25) is 10.0 Å². The highest BCUT2D eigenvalue weighted by atomic mass is 35.5. The monoisotopic (exact) mass is 493 g/mol. The molecular formula is C22H22Cl2FN5O3. The highest BCUT2D eigenvalue weighted by Crippen LogP contribution is 2.38. The Bertz CT molecular complexity index is 1170. The molecule has 3 heterocycles. The van der Waals surface area contributed by atoms with Crippen molar-refractivity contribution in [1.29, 1.82) is 0 Å². The van der Waals surface area contributed by atoms with Gasteiger partial charge >= 0.3 is 5.97 Å². The zero-order valence-corrected chi connectivity index (χ0v) is 19.2. The molecule has 1 unspecified atom stereocenters. The first kappa shape index (κ1) is 23.3. The van der Waals surface area contributed by atoms with E-state index in [0.717, 1.165) is 37.6 Å². The van der Waals surface area contributed by atoms with Crippen molar-refractivity contribution in [3.05, 3.63) is 58.2 Å². The van der Waals surface area contributed by atoms with Crippen LogP contribution in [0.1, 0.15) is 30.6 Å². The summed E-state index contributed by atoms with van der Waals surface area (Å²) in [6.07, 6.45) is 5.78. The summed E-state index contributed by atoms with van der Waals surface area (Å²) in [5, 5.41) is 7.52. The normalized spacial score (nSPS) is 15.3. The summed E-state index contributed by atoms with van der Waals surface area (Å²) in [4.78, 5) is 16.7. The number of aromatic nitrogens is 3. The molecule has 2 aromatic heterocycles. The number of halogens is 3. The minimum absolute atomic E-state index is 0.0297. The Morgan fingerprint density at radius 3 is 2.76 bits per heavy atom. The summed E-state index contributed by atoms with van der Waals surface area (Å²) >= 11 is 12.3. The fourth-order valence-corrected chi connectivity index (χ4v) is 4.28. The molecule has 0 spiro atoms. The lowest BCUT2D eigenvalue weighted by molar-refractivity contribution is -0.149. The van der Waals surface area contributed by atoms with Gasteiger partial charge in [-0.05, 0) is 44.1 Å². The summed E-state index contributed by atoms with van der Waals surface area (Å²) in [6.45, 7) is 1.89. The predicted molar refractivity (Wildman–Crippen MR) is 123 cm³/mol. The molecular weight excluding hydrogens is 472 g/mol. The van der Waals surface area contributed by atoms with Gasteiger partial charge < -0.3 is 20.5 Å². The molecule has 11 heteroatoms. The molecule has 1 aromatic carbocycles. The van der Waals surface area contributed by atoms with Gasteiger partial charge in [0, 0.05) is 34.1 Å². The summed E-state index contributed by atoms with van der Waals surface area (Å²) in [5.41, 5.74) is 7.43. The second-order valence-corrected chi connectivity index (χ2v) is 8.36. The first-order valence-corrected chi connectivity index (χ1v) is 11.0. The highest BCUT2D eigenvalue weighted by molar-refractivity contribution is 6.36. The van der Waals surface area contributed by atoms with Crippen molar-refractivity contribution in [1.82, 2.24) is 20.1 Å². The molecule has 3 N–H and O–H groups in total. The lowest BCUT2D eigenvalue weighted by Crippen LogP contribution is -2.29. The maximum atomic E-state index is 14.1. The Balaban J connectivity index is 1.66. The lowest BCUT2D eigenvalue weighted by Gasteiger charge is -2.22. The van der Waals surface area contributed by atoms with Crippen LogP contribution in [0.15, 0.2) is 36.8 Å². The molecule has 4 rings (SSSR count). The third-order valence-corrected chi connectivity index (χ3v) is 6.21. The van der Waals surface area contributed by atoms with Gasteiger partial charge in [-0.15, -0.1) is 0 Å². The lowest BCUT2D eigenvalue weighted by atomic mass is 10.1. The van der Waals surface area contributed by atoms with Gasteiger partial charge in [0.1, 0.15) is 5.82 Å². The summed E-state index contributed by atoms with van der Waals surface area (Å²) in [5.74, 6) is -1.46. The van der Waals surface area contributed by atoms with Crippen molar-refractivity contribution in [2.45, 2.75) is 25.0 Å². The van der Waals surface area contributed by atoms with Crippen LogP contribution in [-0.2, 0) is 9.53 Å². The molecule has 1 atom stereocenters. The van der Waals surface area contributed by atoms with Gasteiger partial charge in [0.05, 0.1) is 24.4 Å². The van der Waals surface area contributed by atoms with Gasteiger partial charge in [0.2, 0.25) is 6.10 Å². The average Bonchev–Trinajstić information content (AvgIpc) is 3.32. The summed E-state index contributed by atoms with van der Waals surface area (Å²) in [6, 6.07) is 4.32. The van der Waals surface area contributed by atoms with Gasteiger partial charge in [-0.1, -0.05) is 23.2 Å². The first-order valence-electron chi connectivity index (χ1n) is 10.3. The highest BCUT2D eigenvalue weighted by Gasteiger charge is 2.31. The Labute approximate surface area is 199 Å². The second-order valence-electron chi connectivity index (χ2n) is 7.58. The van der Waals surface area contributed by atoms with Crippen molar-refractivity contribution >= 4 is 35.0 Å². The van der Waals surface area contributed by atoms with E-state index in [1.807, 2.05) is 10.9 Å². The predicted octanol–water partition coefficient (Wildman–Crippen LogP) is 4.19. The number of ether oxygens (including phenoxy) is 2. The third-order valence-electron chi connectivity index (χ3n) is 5.50. The minimum Gasteiger partial charge on any atom is -0.470 e. The minimum atomic E-state index is -1.46. The van der Waals surface area contributed by atoms with E-state index in [-0.39, 0.29) is 27.2 Å². The number of anilines is 1. The van der Waals surface area contributed by atoms with Crippen molar-refractivity contribution in [2.24, 2.45) is 0 Å². The zero-order valence-electron chi connectivity index (χ0n) is 17.7. The number of methoxy groups -OCH3 is 1. The van der Waals surface area contributed by atoms with Crippen LogP contribution in [0.4, 0.5) is 10.2 Å². The van der Waals surface area contributed by atoms with Crippen molar-refractivity contribution in [3.8, 4) is 16.9 Å². The molecule has 0 aliphatic carbocycles. The fraction of sp³-hybridized carbons (Fsp3) is 0.318. The maximum absolute atomic E-state index is 14.1. The molecule has 33 heavy (non-hydrogen) atoms. The van der Waals surface area contributed by atoms with E-state index in [1.54, 1.807) is 18.5 Å². The van der Waals surface area contributed by atoms with E-state index in [4.69, 9.17) is 38.4 Å². The van der Waals surface area contributed by atoms with Crippen LogP contribution in [0, 0.1) is 5.82 Å². The number of nitrogens with zero attached hydrogens (tertiary/aromatic N) is 3. The standard InChI is InChI=1S/C22H22Cl2FN5O3/c1-32-22(31)20(18-15(23)2-3-16(25)19(18)24)33-17-8-12(9-28-21(17)26)13-10-29-30(11-13)14-4-6-27-7-5-14/h2-3,8-11,14,20,27H,4-7H2,1H3,(H2,26,28). The van der Waals surface area contributed by atoms with Gasteiger partial charge in [0.15, 0.2) is 11.6 Å². The van der Waals surface area contributed by atoms with Crippen LogP contribution in [0.3, 0.4) is 0 Å². The largest absolute Gasteiger partial charge is 0.470 e. The molecule has 1 fully saturated rings. The van der Waals surface area contributed by atoms with Crippen LogP contribution >= 0.6 is 23.2 Å². The molecule has 0 radical (unpaired) electrons. The van der Waals surface area contributed by atoms with Crippen LogP contribution in [-0.4, -0.2) is 40.9 Å². The van der Waals surface area contributed by atoms with Crippen molar-refractivity contribution < 1.29 is 18.7 Å². The second kappa shape index (κ2) is 9.94. The third kappa shape index (κ3) is 4.90. The molecule has 1 aliphatic rings. The number of nitrogen functional groups attached to an aromatic ring is 1. The molecule has 0 amide bonds. The number of piperidine rings is 1. The van der Waals surface area contributed by atoms with E-state index in [1.165, 1.54) is 13.2 Å². The summed E-state index contributed by atoms with van der Waals surface area (Å²) < 4.78 is 26.7. The molecule has 3 aromatic rings. The molecule has 1 aliphatic heterocycles. The number of carbonyl (C=O) groups excluding carboxylic acids is 1. The molecule has 174 valence electrons. The van der Waals surface area contributed by atoms with Crippen LogP contribution < -0.4 is 15.8 Å². The Kier molecular flexibility index (Phi) is 7.02. The zero-order chi connectivity index (χ0) is 23.5. The summed E-state index contributed by atoms with van der Waals surface area (Å²) in [7, 11) is 1.17. The number of hydrogen-bond acceptors (Lipinski definition) is 7. The number of benzene rings is 1. The number of hydrogen-bond donors (Lipinski definition) is 2. The van der Waals surface area contributed by atoms with E-state index in [9.17, 15) is 9.18 Å². The number of nitrogens with one attached hydrogen (secondary N) is 1. The van der Waals surface area contributed by atoms with Crippen molar-refractivity contribution in [3.63, 3.8) is 0 Å². The van der Waals surface area contributed by atoms with Gasteiger partial charge in [-0.25, -0.2) is 14.2 Å². The Hall–Kier alpha value is -2.88. The SMILES string of the molecule is COC(=O)C(Oc1cc(-c2cnn(C3CCNCC3)c2)cnc1N)c1c(Cl)ccc(F)c1Cl. The Morgan fingerprint density at radius 1 is 1.27 bits per heavy atom.